The molecule has 5 N–H and O–H groups in total. The smallest absolute Gasteiger partial charge is 0.234 e. The van der Waals surface area contributed by atoms with E-state index in [-0.39, 0.29) is 18.0 Å². The zero-order chi connectivity index (χ0) is 14.5. The van der Waals surface area contributed by atoms with Gasteiger partial charge < -0.3 is 10.6 Å². The summed E-state index contributed by atoms with van der Waals surface area (Å²) in [5, 5.41) is 9.30. The minimum absolute atomic E-state index is 0.0115. The van der Waals surface area contributed by atoms with E-state index in [9.17, 15) is 4.79 Å². The molecule has 2 unspecified atom stereocenters. The van der Waals surface area contributed by atoms with Gasteiger partial charge in [0.2, 0.25) is 5.91 Å². The molecule has 1 aromatic rings. The lowest BCUT2D eigenvalue weighted by Gasteiger charge is -2.27. The molecule has 0 spiro atoms. The second-order valence-electron chi connectivity index (χ2n) is 5.12. The Morgan fingerprint density at radius 1 is 1.29 bits per heavy atom. The number of hydrogen-bond acceptors (Lipinski definition) is 5. The Bertz CT molecular complexity index is 517. The van der Waals surface area contributed by atoms with Gasteiger partial charge in [0.05, 0.1) is 5.92 Å². The normalized spacial score (nSPS) is 26.1. The molecule has 1 aromatic carbocycles. The van der Waals surface area contributed by atoms with E-state index in [0.29, 0.717) is 19.0 Å². The molecule has 2 aliphatic rings. The quantitative estimate of drug-likeness (QED) is 0.476. The van der Waals surface area contributed by atoms with E-state index in [1.54, 1.807) is 0 Å². The third-order valence-corrected chi connectivity index (χ3v) is 3.56. The number of carbonyl (C=O) groups excluding carboxylic acids is 1. The average Bonchev–Trinajstić information content (AvgIpc) is 2.97. The van der Waals surface area contributed by atoms with Gasteiger partial charge in [-0.05, 0) is 18.6 Å². The molecule has 2 saturated heterocycles. The maximum atomic E-state index is 11.8. The molecule has 2 heterocycles. The van der Waals surface area contributed by atoms with Crippen molar-refractivity contribution in [1.82, 2.24) is 21.5 Å². The molecule has 2 atom stereocenters. The van der Waals surface area contributed by atoms with Crippen LogP contribution in [-0.2, 0) is 4.79 Å². The van der Waals surface area contributed by atoms with Gasteiger partial charge in [-0.3, -0.25) is 20.5 Å². The highest BCUT2D eigenvalue weighted by Gasteiger charge is 2.37. The number of para-hydroxylation sites is 1. The predicted octanol–water partition coefficient (Wildman–Crippen LogP) is -0.386. The Hall–Kier alpha value is -2.12. The van der Waals surface area contributed by atoms with Gasteiger partial charge in [-0.15, -0.1) is 0 Å². The summed E-state index contributed by atoms with van der Waals surface area (Å²) in [6.07, 6.45) is 0.829. The molecule has 21 heavy (non-hydrogen) atoms. The molecule has 0 aliphatic carbocycles. The maximum Gasteiger partial charge on any atom is 0.234 e. The summed E-state index contributed by atoms with van der Waals surface area (Å²) in [7, 11) is 0. The number of nitrogens with zero attached hydrogens (tertiary/aromatic N) is 1. The highest BCUT2D eigenvalue weighted by Crippen LogP contribution is 2.09. The van der Waals surface area contributed by atoms with Crippen molar-refractivity contribution in [3.63, 3.8) is 0 Å². The number of fused-ring (bicyclic) bond motifs is 1. The fourth-order valence-electron chi connectivity index (χ4n) is 2.41. The standard InChI is InChI=1S/C14H20N6O/c21-13-11-9-17-20-12(11)18-14(19-13)16-8-4-7-15-10-5-2-1-3-6-10/h1-3,5-6,11-12,15,17,20H,4,7-9H2,(H2,16,18,19,21). The van der Waals surface area contributed by atoms with Crippen LogP contribution in [0.15, 0.2) is 35.3 Å². The fraction of sp³-hybridized carbons (Fsp3) is 0.429. The van der Waals surface area contributed by atoms with E-state index >= 15 is 0 Å². The molecule has 7 nitrogen and oxygen atoms in total. The fourth-order valence-corrected chi connectivity index (χ4v) is 2.41. The second-order valence-corrected chi connectivity index (χ2v) is 5.12. The zero-order valence-corrected chi connectivity index (χ0v) is 11.7. The van der Waals surface area contributed by atoms with Crippen molar-refractivity contribution in [3.8, 4) is 0 Å². The Labute approximate surface area is 123 Å². The van der Waals surface area contributed by atoms with Crippen LogP contribution in [0.5, 0.6) is 0 Å². The molecule has 0 radical (unpaired) electrons. The number of aliphatic imine (C=N–C) groups is 1. The van der Waals surface area contributed by atoms with Crippen molar-refractivity contribution in [3.05, 3.63) is 30.3 Å². The first-order valence-electron chi connectivity index (χ1n) is 7.22. The lowest BCUT2D eigenvalue weighted by atomic mass is 10.1. The van der Waals surface area contributed by atoms with Crippen molar-refractivity contribution in [2.24, 2.45) is 10.9 Å². The van der Waals surface area contributed by atoms with Crippen molar-refractivity contribution in [1.29, 1.82) is 0 Å². The predicted molar refractivity (Wildman–Crippen MR) is 81.5 cm³/mol. The molecular weight excluding hydrogens is 268 g/mol. The average molecular weight is 288 g/mol. The number of benzene rings is 1. The highest BCUT2D eigenvalue weighted by molar-refractivity contribution is 6.01. The summed E-state index contributed by atoms with van der Waals surface area (Å²) in [4.78, 5) is 16.2. The number of anilines is 1. The Kier molecular flexibility index (Phi) is 4.32. The lowest BCUT2D eigenvalue weighted by Crippen LogP contribution is -2.61. The van der Waals surface area contributed by atoms with Crippen molar-refractivity contribution in [2.45, 2.75) is 12.6 Å². The van der Waals surface area contributed by atoms with E-state index < -0.39 is 0 Å². The monoisotopic (exact) mass is 288 g/mol. The van der Waals surface area contributed by atoms with Crippen LogP contribution in [0.4, 0.5) is 5.69 Å². The van der Waals surface area contributed by atoms with Crippen LogP contribution in [0.25, 0.3) is 0 Å². The molecule has 7 heteroatoms. The van der Waals surface area contributed by atoms with Crippen molar-refractivity contribution in [2.75, 3.05) is 25.0 Å². The van der Waals surface area contributed by atoms with E-state index in [1.807, 2.05) is 30.3 Å². The SMILES string of the molecule is O=C1NC(=NCCCNc2ccccc2)NC2NNCC12. The number of guanidine groups is 1. The van der Waals surface area contributed by atoms with E-state index in [2.05, 4.69) is 31.8 Å². The van der Waals surface area contributed by atoms with E-state index in [4.69, 9.17) is 0 Å². The second kappa shape index (κ2) is 6.55. The van der Waals surface area contributed by atoms with Gasteiger partial charge in [-0.25, -0.2) is 5.43 Å². The highest BCUT2D eigenvalue weighted by atomic mass is 16.2. The molecule has 1 amide bonds. The first-order valence-corrected chi connectivity index (χ1v) is 7.22. The third-order valence-electron chi connectivity index (χ3n) is 3.56. The molecule has 0 aromatic heterocycles. The van der Waals surface area contributed by atoms with Crippen LogP contribution in [0, 0.1) is 5.92 Å². The Morgan fingerprint density at radius 2 is 2.14 bits per heavy atom. The van der Waals surface area contributed by atoms with Gasteiger partial charge >= 0.3 is 0 Å². The van der Waals surface area contributed by atoms with Gasteiger partial charge in [0.25, 0.3) is 0 Å². The maximum absolute atomic E-state index is 11.8. The summed E-state index contributed by atoms with van der Waals surface area (Å²) in [5.41, 5.74) is 7.11. The van der Waals surface area contributed by atoms with Gasteiger partial charge in [0, 0.05) is 25.3 Å². The van der Waals surface area contributed by atoms with Crippen LogP contribution >= 0.6 is 0 Å². The van der Waals surface area contributed by atoms with Crippen LogP contribution in [-0.4, -0.2) is 37.7 Å². The number of nitrogens with one attached hydrogen (secondary N) is 5. The Balaban J connectivity index is 1.41. The Morgan fingerprint density at radius 3 is 3.00 bits per heavy atom. The summed E-state index contributed by atoms with van der Waals surface area (Å²) in [6, 6.07) is 10.1. The molecule has 3 rings (SSSR count). The summed E-state index contributed by atoms with van der Waals surface area (Å²) in [6.45, 7) is 2.14. The topological polar surface area (TPSA) is 89.6 Å². The van der Waals surface area contributed by atoms with Crippen LogP contribution in [0.3, 0.4) is 0 Å². The minimum Gasteiger partial charge on any atom is -0.385 e. The molecular formula is C14H20N6O. The lowest BCUT2D eigenvalue weighted by molar-refractivity contribution is -0.124. The van der Waals surface area contributed by atoms with Gasteiger partial charge in [-0.1, -0.05) is 18.2 Å². The molecule has 2 aliphatic heterocycles. The van der Waals surface area contributed by atoms with Crippen LogP contribution in [0.2, 0.25) is 0 Å². The van der Waals surface area contributed by atoms with Crippen LogP contribution in [0.1, 0.15) is 6.42 Å². The molecule has 0 bridgehead atoms. The number of hydrogen-bond donors (Lipinski definition) is 5. The molecule has 2 fully saturated rings. The first-order chi connectivity index (χ1) is 10.3. The van der Waals surface area contributed by atoms with Crippen molar-refractivity contribution >= 4 is 17.6 Å². The van der Waals surface area contributed by atoms with Gasteiger partial charge in [-0.2, -0.15) is 0 Å². The van der Waals surface area contributed by atoms with Crippen LogP contribution < -0.4 is 26.8 Å². The zero-order valence-electron chi connectivity index (χ0n) is 11.7. The van der Waals surface area contributed by atoms with Gasteiger partial charge in [0.1, 0.15) is 6.17 Å². The third kappa shape index (κ3) is 3.50. The number of rotatable bonds is 5. The summed E-state index contributed by atoms with van der Waals surface area (Å²) >= 11 is 0. The minimum atomic E-state index is -0.0799. The molecule has 0 saturated carbocycles. The summed E-state index contributed by atoms with van der Waals surface area (Å²) < 4.78 is 0. The van der Waals surface area contributed by atoms with E-state index in [0.717, 1.165) is 18.7 Å². The van der Waals surface area contributed by atoms with E-state index in [1.165, 1.54) is 0 Å². The summed E-state index contributed by atoms with van der Waals surface area (Å²) in [5.74, 6) is 0.485. The largest absolute Gasteiger partial charge is 0.385 e. The first kappa shape index (κ1) is 13.8. The molecule has 112 valence electrons. The van der Waals surface area contributed by atoms with Gasteiger partial charge in [0.15, 0.2) is 5.96 Å². The number of carbonyl (C=O) groups is 1. The van der Waals surface area contributed by atoms with Crippen molar-refractivity contribution < 1.29 is 4.79 Å². The number of amides is 1. The number of hydrazine groups is 1.